The van der Waals surface area contributed by atoms with Crippen LogP contribution in [0.4, 0.5) is 0 Å². The number of nitrogens with two attached hydrogens (primary N) is 1. The molecule has 2 rings (SSSR count). The fraction of sp³-hybridized carbons (Fsp3) is 0.250. The smallest absolute Gasteiger partial charge is 0.241 e. The molecule has 0 radical (unpaired) electrons. The van der Waals surface area contributed by atoms with Gasteiger partial charge in [0.05, 0.1) is 5.52 Å². The van der Waals surface area contributed by atoms with Crippen molar-refractivity contribution >= 4 is 22.9 Å². The molecule has 1 heterocycles. The molecule has 0 saturated heterocycles. The SMILES string of the molecule is CC(C)Cc1ccc2cc(C=CC(N)=O)ccc2n1. The van der Waals surface area contributed by atoms with E-state index >= 15 is 0 Å². The molecule has 3 nitrogen and oxygen atoms in total. The molecule has 98 valence electrons. The Hall–Kier alpha value is -2.16. The van der Waals surface area contributed by atoms with E-state index < -0.39 is 5.91 Å². The van der Waals surface area contributed by atoms with E-state index in [0.717, 1.165) is 28.6 Å². The van der Waals surface area contributed by atoms with E-state index in [-0.39, 0.29) is 0 Å². The summed E-state index contributed by atoms with van der Waals surface area (Å²) in [6, 6.07) is 10.0. The Bertz CT molecular complexity index is 630. The van der Waals surface area contributed by atoms with Crippen LogP contribution in [0.2, 0.25) is 0 Å². The Morgan fingerprint density at radius 2 is 2.11 bits per heavy atom. The van der Waals surface area contributed by atoms with Crippen molar-refractivity contribution in [3.05, 3.63) is 47.7 Å². The van der Waals surface area contributed by atoms with Crippen LogP contribution in [0.1, 0.15) is 25.1 Å². The molecule has 0 unspecified atom stereocenters. The second kappa shape index (κ2) is 5.65. The minimum atomic E-state index is -0.439. The fourth-order valence-electron chi connectivity index (χ4n) is 2.00. The molecule has 0 spiro atoms. The van der Waals surface area contributed by atoms with Gasteiger partial charge in [0.25, 0.3) is 0 Å². The van der Waals surface area contributed by atoms with Gasteiger partial charge in [0.1, 0.15) is 0 Å². The zero-order valence-corrected chi connectivity index (χ0v) is 11.3. The molecule has 0 aliphatic rings. The van der Waals surface area contributed by atoms with Gasteiger partial charge >= 0.3 is 0 Å². The number of aromatic nitrogens is 1. The van der Waals surface area contributed by atoms with Gasteiger partial charge in [-0.2, -0.15) is 0 Å². The van der Waals surface area contributed by atoms with Gasteiger partial charge in [-0.25, -0.2) is 0 Å². The van der Waals surface area contributed by atoms with Crippen LogP contribution in [-0.4, -0.2) is 10.9 Å². The molecule has 19 heavy (non-hydrogen) atoms. The Balaban J connectivity index is 2.32. The third-order valence-corrected chi connectivity index (χ3v) is 2.83. The lowest BCUT2D eigenvalue weighted by molar-refractivity contribution is -0.113. The van der Waals surface area contributed by atoms with E-state index in [2.05, 4.69) is 31.0 Å². The molecule has 1 aromatic heterocycles. The van der Waals surface area contributed by atoms with Crippen molar-refractivity contribution in [1.29, 1.82) is 0 Å². The quantitative estimate of drug-likeness (QED) is 0.853. The van der Waals surface area contributed by atoms with Gasteiger partial charge in [-0.05, 0) is 42.2 Å². The van der Waals surface area contributed by atoms with E-state index in [1.54, 1.807) is 6.08 Å². The van der Waals surface area contributed by atoms with Crippen molar-refractivity contribution in [1.82, 2.24) is 4.98 Å². The molecule has 1 aromatic carbocycles. The van der Waals surface area contributed by atoms with Gasteiger partial charge in [-0.15, -0.1) is 0 Å². The second-order valence-electron chi connectivity index (χ2n) is 5.09. The largest absolute Gasteiger partial charge is 0.366 e. The lowest BCUT2D eigenvalue weighted by Crippen LogP contribution is -2.05. The Morgan fingerprint density at radius 1 is 1.32 bits per heavy atom. The monoisotopic (exact) mass is 254 g/mol. The summed E-state index contributed by atoms with van der Waals surface area (Å²) in [6.45, 7) is 4.37. The Morgan fingerprint density at radius 3 is 2.79 bits per heavy atom. The average Bonchev–Trinajstić information content (AvgIpc) is 2.35. The highest BCUT2D eigenvalue weighted by Crippen LogP contribution is 2.17. The number of pyridine rings is 1. The molecule has 2 N–H and O–H groups in total. The third kappa shape index (κ3) is 3.65. The number of carbonyl (C=O) groups is 1. The van der Waals surface area contributed by atoms with Gasteiger partial charge in [-0.3, -0.25) is 9.78 Å². The van der Waals surface area contributed by atoms with Crippen molar-refractivity contribution < 1.29 is 4.79 Å². The van der Waals surface area contributed by atoms with E-state index in [4.69, 9.17) is 5.73 Å². The van der Waals surface area contributed by atoms with Crippen molar-refractivity contribution in [2.75, 3.05) is 0 Å². The summed E-state index contributed by atoms with van der Waals surface area (Å²) < 4.78 is 0. The lowest BCUT2D eigenvalue weighted by Gasteiger charge is -2.06. The standard InChI is InChI=1S/C16H18N2O/c1-11(2)9-14-6-5-13-10-12(4-8-16(17)19)3-7-15(13)18-14/h3-8,10-11H,9H2,1-2H3,(H2,17,19). The molecule has 0 fully saturated rings. The highest BCUT2D eigenvalue weighted by atomic mass is 16.1. The molecule has 0 bridgehead atoms. The first-order valence-corrected chi connectivity index (χ1v) is 6.42. The molecule has 0 atom stereocenters. The first kappa shape index (κ1) is 13.3. The van der Waals surface area contributed by atoms with Gasteiger partial charge in [0.2, 0.25) is 5.91 Å². The van der Waals surface area contributed by atoms with E-state index in [1.807, 2.05) is 18.2 Å². The minimum absolute atomic E-state index is 0.439. The summed E-state index contributed by atoms with van der Waals surface area (Å²) in [4.78, 5) is 15.3. The molecule has 0 saturated carbocycles. The number of rotatable bonds is 4. The summed E-state index contributed by atoms with van der Waals surface area (Å²) in [7, 11) is 0. The number of hydrogen-bond acceptors (Lipinski definition) is 2. The normalized spacial score (nSPS) is 11.5. The van der Waals surface area contributed by atoms with Crippen molar-refractivity contribution in [2.45, 2.75) is 20.3 Å². The molecule has 0 aliphatic carbocycles. The van der Waals surface area contributed by atoms with Gasteiger partial charge in [0, 0.05) is 17.2 Å². The zero-order chi connectivity index (χ0) is 13.8. The maximum atomic E-state index is 10.7. The number of amides is 1. The predicted molar refractivity (Wildman–Crippen MR) is 78.5 cm³/mol. The maximum Gasteiger partial charge on any atom is 0.241 e. The number of benzene rings is 1. The Kier molecular flexibility index (Phi) is 3.95. The minimum Gasteiger partial charge on any atom is -0.366 e. The van der Waals surface area contributed by atoms with Crippen LogP contribution in [0.5, 0.6) is 0 Å². The van der Waals surface area contributed by atoms with Crippen LogP contribution in [-0.2, 0) is 11.2 Å². The van der Waals surface area contributed by atoms with E-state index in [9.17, 15) is 4.79 Å². The topological polar surface area (TPSA) is 56.0 Å². The van der Waals surface area contributed by atoms with Gasteiger partial charge < -0.3 is 5.73 Å². The van der Waals surface area contributed by atoms with Crippen LogP contribution < -0.4 is 5.73 Å². The van der Waals surface area contributed by atoms with Crippen LogP contribution in [0.25, 0.3) is 17.0 Å². The summed E-state index contributed by atoms with van der Waals surface area (Å²) in [5.41, 5.74) is 8.12. The summed E-state index contributed by atoms with van der Waals surface area (Å²) in [5.74, 6) is 0.160. The fourth-order valence-corrected chi connectivity index (χ4v) is 2.00. The molecule has 1 amide bonds. The number of hydrogen-bond donors (Lipinski definition) is 1. The maximum absolute atomic E-state index is 10.7. The molecule has 2 aromatic rings. The molecule has 0 aliphatic heterocycles. The molecule has 3 heteroatoms. The van der Waals surface area contributed by atoms with E-state index in [0.29, 0.717) is 5.92 Å². The van der Waals surface area contributed by atoms with Crippen LogP contribution in [0.3, 0.4) is 0 Å². The molecular weight excluding hydrogens is 236 g/mol. The molecular formula is C16H18N2O. The number of fused-ring (bicyclic) bond motifs is 1. The van der Waals surface area contributed by atoms with Crippen molar-refractivity contribution in [2.24, 2.45) is 11.7 Å². The number of nitrogens with zero attached hydrogens (tertiary/aromatic N) is 1. The summed E-state index contributed by atoms with van der Waals surface area (Å²) in [5, 5.41) is 1.07. The highest BCUT2D eigenvalue weighted by Gasteiger charge is 2.02. The Labute approximate surface area is 113 Å². The van der Waals surface area contributed by atoms with Gasteiger partial charge in [0.15, 0.2) is 0 Å². The highest BCUT2D eigenvalue weighted by molar-refractivity contribution is 5.91. The van der Waals surface area contributed by atoms with Crippen LogP contribution in [0, 0.1) is 5.92 Å². The van der Waals surface area contributed by atoms with Crippen LogP contribution in [0.15, 0.2) is 36.4 Å². The van der Waals surface area contributed by atoms with Crippen molar-refractivity contribution in [3.63, 3.8) is 0 Å². The van der Waals surface area contributed by atoms with Crippen molar-refractivity contribution in [3.8, 4) is 0 Å². The summed E-state index contributed by atoms with van der Waals surface area (Å²) in [6.07, 6.45) is 4.06. The number of carbonyl (C=O) groups excluding carboxylic acids is 1. The average molecular weight is 254 g/mol. The lowest BCUT2D eigenvalue weighted by atomic mass is 10.1. The van der Waals surface area contributed by atoms with Gasteiger partial charge in [-0.1, -0.05) is 26.0 Å². The first-order valence-electron chi connectivity index (χ1n) is 6.42. The summed E-state index contributed by atoms with van der Waals surface area (Å²) >= 11 is 0. The second-order valence-corrected chi connectivity index (χ2v) is 5.09. The van der Waals surface area contributed by atoms with Crippen LogP contribution >= 0.6 is 0 Å². The number of primary amides is 1. The zero-order valence-electron chi connectivity index (χ0n) is 11.3. The third-order valence-electron chi connectivity index (χ3n) is 2.83. The first-order chi connectivity index (χ1) is 9.04. The van der Waals surface area contributed by atoms with E-state index in [1.165, 1.54) is 6.08 Å². The predicted octanol–water partition coefficient (Wildman–Crippen LogP) is 2.93.